The molecule has 3 aromatic rings. The van der Waals surface area contributed by atoms with E-state index in [1.54, 1.807) is 0 Å². The van der Waals surface area contributed by atoms with E-state index in [-0.39, 0.29) is 16.6 Å². The molecule has 0 aromatic heterocycles. The molecule has 0 N–H and O–H groups in total. The fourth-order valence-electron chi connectivity index (χ4n) is 6.71. The highest BCUT2D eigenvalue weighted by atomic mass is 16.1. The Morgan fingerprint density at radius 1 is 0.735 bits per heavy atom. The average molecular weight is 445 g/mol. The van der Waals surface area contributed by atoms with E-state index < -0.39 is 0 Å². The van der Waals surface area contributed by atoms with Crippen LogP contribution in [0.5, 0.6) is 0 Å². The van der Waals surface area contributed by atoms with Crippen molar-refractivity contribution < 1.29 is 4.79 Å². The van der Waals surface area contributed by atoms with E-state index in [0.29, 0.717) is 24.7 Å². The lowest BCUT2D eigenvalue weighted by Gasteiger charge is -2.29. The number of hydrogen-bond acceptors (Lipinski definition) is 1. The van der Waals surface area contributed by atoms with Crippen molar-refractivity contribution in [3.8, 4) is 11.1 Å². The van der Waals surface area contributed by atoms with Crippen molar-refractivity contribution in [1.82, 2.24) is 0 Å². The van der Waals surface area contributed by atoms with Crippen molar-refractivity contribution in [3.63, 3.8) is 0 Å². The van der Waals surface area contributed by atoms with Crippen LogP contribution < -0.4 is 0 Å². The van der Waals surface area contributed by atoms with Crippen LogP contribution in [0, 0.1) is 5.92 Å². The molecule has 3 aliphatic rings. The third-order valence-electron chi connectivity index (χ3n) is 8.59. The highest BCUT2D eigenvalue weighted by molar-refractivity contribution is 5.85. The van der Waals surface area contributed by atoms with Crippen LogP contribution in [0.4, 0.5) is 0 Å². The fourth-order valence-corrected chi connectivity index (χ4v) is 6.71. The molecule has 0 spiro atoms. The van der Waals surface area contributed by atoms with Crippen LogP contribution >= 0.6 is 0 Å². The standard InChI is InChI=1S/C33H32O/c1-32(2)28-11-7-5-9-24(28)26-15-13-21(19-30(26)32)17-23(34)18-22-14-16-27-25-10-6-8-12-29(25)33(3,4)31(27)20-22/h5-16,19-20,24,28H,17-18H2,1-4H3. The van der Waals surface area contributed by atoms with Gasteiger partial charge in [0.25, 0.3) is 0 Å². The Kier molecular flexibility index (Phi) is 4.65. The normalized spacial score (nSPS) is 22.1. The highest BCUT2D eigenvalue weighted by Crippen LogP contribution is 2.53. The van der Waals surface area contributed by atoms with E-state index in [9.17, 15) is 4.79 Å². The van der Waals surface area contributed by atoms with Gasteiger partial charge in [0.15, 0.2) is 0 Å². The molecule has 2 atom stereocenters. The molecule has 2 unspecified atom stereocenters. The van der Waals surface area contributed by atoms with Gasteiger partial charge in [0.1, 0.15) is 5.78 Å². The summed E-state index contributed by atoms with van der Waals surface area (Å²) < 4.78 is 0. The third-order valence-corrected chi connectivity index (χ3v) is 8.59. The number of Topliss-reactive ketones (excluding diaryl/α,β-unsaturated/α-hetero) is 1. The SMILES string of the molecule is CC1(C)c2ccccc2-c2ccc(CC(=O)Cc3ccc4c(c3)C(C)(C)C3C=CC=CC43)cc21. The van der Waals surface area contributed by atoms with Crippen molar-refractivity contribution >= 4 is 5.78 Å². The number of hydrogen-bond donors (Lipinski definition) is 0. The number of fused-ring (bicyclic) bond motifs is 6. The lowest BCUT2D eigenvalue weighted by atomic mass is 9.74. The number of allylic oxidation sites excluding steroid dienone is 4. The molecule has 0 fully saturated rings. The summed E-state index contributed by atoms with van der Waals surface area (Å²) in [7, 11) is 0. The van der Waals surface area contributed by atoms with Gasteiger partial charge in [0.2, 0.25) is 0 Å². The molecule has 0 radical (unpaired) electrons. The van der Waals surface area contributed by atoms with Gasteiger partial charge in [-0.3, -0.25) is 4.79 Å². The van der Waals surface area contributed by atoms with Crippen LogP contribution in [-0.2, 0) is 28.5 Å². The summed E-state index contributed by atoms with van der Waals surface area (Å²) >= 11 is 0. The first kappa shape index (κ1) is 21.4. The van der Waals surface area contributed by atoms with Gasteiger partial charge in [-0.25, -0.2) is 0 Å². The van der Waals surface area contributed by atoms with Crippen molar-refractivity contribution in [1.29, 1.82) is 0 Å². The monoisotopic (exact) mass is 444 g/mol. The van der Waals surface area contributed by atoms with Gasteiger partial charge >= 0.3 is 0 Å². The minimum atomic E-state index is -0.0315. The lowest BCUT2D eigenvalue weighted by Crippen LogP contribution is -2.24. The lowest BCUT2D eigenvalue weighted by molar-refractivity contribution is -0.117. The first-order valence-electron chi connectivity index (χ1n) is 12.5. The summed E-state index contributed by atoms with van der Waals surface area (Å²) in [5.74, 6) is 1.23. The highest BCUT2D eigenvalue weighted by Gasteiger charge is 2.44. The van der Waals surface area contributed by atoms with E-state index in [1.165, 1.54) is 33.4 Å². The maximum Gasteiger partial charge on any atom is 0.141 e. The zero-order valence-corrected chi connectivity index (χ0v) is 20.6. The molecule has 1 nitrogen and oxygen atoms in total. The molecule has 1 heteroatoms. The van der Waals surface area contributed by atoms with Crippen LogP contribution in [0.25, 0.3) is 11.1 Å². The summed E-state index contributed by atoms with van der Waals surface area (Å²) in [5, 5.41) is 0. The van der Waals surface area contributed by atoms with Gasteiger partial charge in [0.05, 0.1) is 0 Å². The Morgan fingerprint density at radius 2 is 1.38 bits per heavy atom. The number of rotatable bonds is 4. The predicted octanol–water partition coefficient (Wildman–Crippen LogP) is 7.46. The van der Waals surface area contributed by atoms with Crippen LogP contribution in [0.2, 0.25) is 0 Å². The molecule has 0 heterocycles. The molecule has 6 rings (SSSR count). The number of carbonyl (C=O) groups excluding carboxylic acids is 1. The average Bonchev–Trinajstić information content (AvgIpc) is 3.19. The van der Waals surface area contributed by atoms with Gasteiger partial charge in [0, 0.05) is 24.2 Å². The minimum absolute atomic E-state index is 0.0315. The molecule has 0 saturated heterocycles. The van der Waals surface area contributed by atoms with Crippen LogP contribution in [0.15, 0.2) is 85.0 Å². The zero-order chi connectivity index (χ0) is 23.7. The van der Waals surface area contributed by atoms with E-state index in [0.717, 1.165) is 11.1 Å². The molecule has 0 saturated carbocycles. The first-order chi connectivity index (χ1) is 16.3. The quantitative estimate of drug-likeness (QED) is 0.408. The summed E-state index contributed by atoms with van der Waals surface area (Å²) in [6, 6.07) is 22.0. The molecular formula is C33H32O. The molecule has 0 amide bonds. The Balaban J connectivity index is 1.23. The smallest absolute Gasteiger partial charge is 0.141 e. The Bertz CT molecular complexity index is 1380. The summed E-state index contributed by atoms with van der Waals surface area (Å²) in [6.07, 6.45) is 10.00. The number of ketones is 1. The maximum absolute atomic E-state index is 13.2. The Morgan fingerprint density at radius 3 is 2.18 bits per heavy atom. The predicted molar refractivity (Wildman–Crippen MR) is 140 cm³/mol. The van der Waals surface area contributed by atoms with Crippen LogP contribution in [-0.4, -0.2) is 5.78 Å². The van der Waals surface area contributed by atoms with Crippen molar-refractivity contribution in [3.05, 3.63) is 118 Å². The zero-order valence-electron chi connectivity index (χ0n) is 20.6. The third kappa shape index (κ3) is 3.10. The summed E-state index contributed by atoms with van der Waals surface area (Å²) in [6.45, 7) is 9.26. The van der Waals surface area contributed by atoms with Crippen LogP contribution in [0.1, 0.15) is 67.0 Å². The summed E-state index contributed by atoms with van der Waals surface area (Å²) in [5.41, 5.74) is 10.5. The second-order valence-electron chi connectivity index (χ2n) is 11.4. The fraction of sp³-hybridized carbons (Fsp3) is 0.303. The number of carbonyl (C=O) groups is 1. The first-order valence-corrected chi connectivity index (χ1v) is 12.5. The van der Waals surface area contributed by atoms with E-state index in [4.69, 9.17) is 0 Å². The van der Waals surface area contributed by atoms with Crippen molar-refractivity contribution in [2.24, 2.45) is 5.92 Å². The van der Waals surface area contributed by atoms with Gasteiger partial charge in [-0.15, -0.1) is 0 Å². The van der Waals surface area contributed by atoms with Gasteiger partial charge in [-0.2, -0.15) is 0 Å². The van der Waals surface area contributed by atoms with Crippen molar-refractivity contribution in [2.45, 2.75) is 57.3 Å². The van der Waals surface area contributed by atoms with Crippen molar-refractivity contribution in [2.75, 3.05) is 0 Å². The van der Waals surface area contributed by atoms with Crippen LogP contribution in [0.3, 0.4) is 0 Å². The van der Waals surface area contributed by atoms with Gasteiger partial charge in [-0.1, -0.05) is 113 Å². The maximum atomic E-state index is 13.2. The van der Waals surface area contributed by atoms with E-state index in [1.807, 2.05) is 0 Å². The van der Waals surface area contributed by atoms with E-state index >= 15 is 0 Å². The second kappa shape index (κ2) is 7.40. The van der Waals surface area contributed by atoms with Gasteiger partial charge in [-0.05, 0) is 55.8 Å². The molecule has 0 bridgehead atoms. The summed E-state index contributed by atoms with van der Waals surface area (Å²) in [4.78, 5) is 13.2. The molecule has 3 aliphatic carbocycles. The second-order valence-corrected chi connectivity index (χ2v) is 11.4. The molecule has 0 aliphatic heterocycles. The molecule has 170 valence electrons. The topological polar surface area (TPSA) is 17.1 Å². The Hall–Kier alpha value is -3.19. The van der Waals surface area contributed by atoms with E-state index in [2.05, 4.69) is 113 Å². The van der Waals surface area contributed by atoms with Gasteiger partial charge < -0.3 is 0 Å². The molecular weight excluding hydrogens is 412 g/mol. The minimum Gasteiger partial charge on any atom is -0.299 e. The number of benzene rings is 3. The molecule has 34 heavy (non-hydrogen) atoms. The molecule has 3 aromatic carbocycles. The Labute approximate surface area is 203 Å². The largest absolute Gasteiger partial charge is 0.299 e.